The maximum Gasteiger partial charge on any atom is 0.407 e. The number of carbonyl (C=O) groups is 2. The van der Waals surface area contributed by atoms with E-state index in [0.717, 1.165) is 12.0 Å². The normalized spacial score (nSPS) is 26.6. The molecule has 29 heavy (non-hydrogen) atoms. The Hall–Kier alpha value is -2.20. The van der Waals surface area contributed by atoms with E-state index >= 15 is 0 Å². The Morgan fingerprint density at radius 3 is 2.48 bits per heavy atom. The highest BCUT2D eigenvalue weighted by Gasteiger charge is 2.42. The predicted octanol–water partition coefficient (Wildman–Crippen LogP) is 0.417. The van der Waals surface area contributed by atoms with Crippen LogP contribution < -0.4 is 10.6 Å². The first-order chi connectivity index (χ1) is 13.9. The summed E-state index contributed by atoms with van der Waals surface area (Å²) in [6.45, 7) is 2.21. The number of hydrogen-bond acceptors (Lipinski definition) is 7. The van der Waals surface area contributed by atoms with Crippen LogP contribution in [0.15, 0.2) is 30.3 Å². The fourth-order valence-corrected chi connectivity index (χ4v) is 2.95. The Morgan fingerprint density at radius 2 is 1.76 bits per heavy atom. The molecule has 5 N–H and O–H groups in total. The molecular weight excluding hydrogens is 380 g/mol. The minimum Gasteiger partial charge on any atom is -0.445 e. The van der Waals surface area contributed by atoms with E-state index in [-0.39, 0.29) is 18.9 Å². The molecule has 1 aromatic carbocycles. The van der Waals surface area contributed by atoms with Gasteiger partial charge in [0.15, 0.2) is 6.23 Å². The second-order valence-corrected chi connectivity index (χ2v) is 7.10. The van der Waals surface area contributed by atoms with Crippen molar-refractivity contribution in [3.05, 3.63) is 35.9 Å². The van der Waals surface area contributed by atoms with Crippen molar-refractivity contribution in [3.8, 4) is 0 Å². The van der Waals surface area contributed by atoms with Crippen LogP contribution in [0.4, 0.5) is 4.79 Å². The highest BCUT2D eigenvalue weighted by molar-refractivity contribution is 5.76. The first-order valence-corrected chi connectivity index (χ1v) is 9.82. The highest BCUT2D eigenvalue weighted by Crippen LogP contribution is 2.19. The van der Waals surface area contributed by atoms with Crippen molar-refractivity contribution in [2.24, 2.45) is 0 Å². The average molecular weight is 410 g/mol. The number of nitrogens with one attached hydrogen (secondary N) is 2. The van der Waals surface area contributed by atoms with Gasteiger partial charge in [0.2, 0.25) is 5.91 Å². The molecule has 9 nitrogen and oxygen atoms in total. The molecule has 1 fully saturated rings. The number of carbonyl (C=O) groups excluding carboxylic acids is 2. The summed E-state index contributed by atoms with van der Waals surface area (Å²) in [6, 6.07) is 9.39. The van der Waals surface area contributed by atoms with Gasteiger partial charge in [-0.05, 0) is 25.3 Å². The van der Waals surface area contributed by atoms with Crippen LogP contribution in [0.3, 0.4) is 0 Å². The minimum atomic E-state index is -1.39. The van der Waals surface area contributed by atoms with E-state index in [0.29, 0.717) is 19.4 Å². The van der Waals surface area contributed by atoms with Crippen LogP contribution in [0.25, 0.3) is 0 Å². The van der Waals surface area contributed by atoms with Gasteiger partial charge in [-0.1, -0.05) is 36.8 Å². The molecule has 0 bridgehead atoms. The zero-order chi connectivity index (χ0) is 21.2. The lowest BCUT2D eigenvalue weighted by Crippen LogP contribution is -2.61. The molecule has 1 heterocycles. The van der Waals surface area contributed by atoms with Gasteiger partial charge in [0.25, 0.3) is 0 Å². The Bertz CT molecular complexity index is 643. The molecule has 0 spiro atoms. The molecule has 0 aliphatic carbocycles. The molecule has 1 aromatic rings. The lowest BCUT2D eigenvalue weighted by molar-refractivity contribution is -0.224. The van der Waals surface area contributed by atoms with Gasteiger partial charge in [0, 0.05) is 13.0 Å². The summed E-state index contributed by atoms with van der Waals surface area (Å²) in [4.78, 5) is 23.6. The van der Waals surface area contributed by atoms with Gasteiger partial charge in [-0.3, -0.25) is 4.79 Å². The van der Waals surface area contributed by atoms with Crippen LogP contribution in [-0.2, 0) is 20.9 Å². The molecule has 1 aliphatic heterocycles. The zero-order valence-corrected chi connectivity index (χ0v) is 16.5. The maximum atomic E-state index is 12.0. The number of unbranched alkanes of at least 4 members (excludes halogenated alkanes) is 2. The van der Waals surface area contributed by atoms with E-state index in [1.54, 1.807) is 6.92 Å². The molecule has 1 saturated heterocycles. The molecule has 0 saturated carbocycles. The minimum absolute atomic E-state index is 0.215. The molecule has 0 radical (unpaired) electrons. The summed E-state index contributed by atoms with van der Waals surface area (Å²) < 4.78 is 10.4. The molecule has 0 aromatic heterocycles. The van der Waals surface area contributed by atoms with Gasteiger partial charge in [-0.15, -0.1) is 0 Å². The third kappa shape index (κ3) is 7.62. The van der Waals surface area contributed by atoms with E-state index in [2.05, 4.69) is 10.6 Å². The Balaban J connectivity index is 1.52. The van der Waals surface area contributed by atoms with Gasteiger partial charge in [-0.2, -0.15) is 0 Å². The number of hydrogen-bond donors (Lipinski definition) is 5. The largest absolute Gasteiger partial charge is 0.445 e. The van der Waals surface area contributed by atoms with Gasteiger partial charge in [-0.25, -0.2) is 4.79 Å². The molecule has 9 heteroatoms. The summed E-state index contributed by atoms with van der Waals surface area (Å²) in [6.07, 6.45) is -3.99. The number of benzene rings is 1. The summed E-state index contributed by atoms with van der Waals surface area (Å²) in [5, 5.41) is 34.4. The monoisotopic (exact) mass is 410 g/mol. The standard InChI is InChI=1S/C20H30N2O7/c1-13-16(24)17(25)18(26)19(29-13)22-15(23)10-6-3-7-11-21-20(27)28-12-14-8-4-2-5-9-14/h2,4-5,8-9,13,16-19,24-26H,3,6-7,10-12H2,1H3,(H,21,27)(H,22,23)/t13-,16+,17+,18-,19-/m0/s1. The fourth-order valence-electron chi connectivity index (χ4n) is 2.95. The van der Waals surface area contributed by atoms with Crippen LogP contribution in [0.2, 0.25) is 0 Å². The van der Waals surface area contributed by atoms with Crippen molar-refractivity contribution in [3.63, 3.8) is 0 Å². The SMILES string of the molecule is C[C@@H]1O[C@H](NC(=O)CCCCCNC(=O)OCc2ccccc2)[C@@H](O)[C@H](O)[C@@H]1O. The lowest BCUT2D eigenvalue weighted by Gasteiger charge is -2.39. The second-order valence-electron chi connectivity index (χ2n) is 7.10. The Morgan fingerprint density at radius 1 is 1.03 bits per heavy atom. The van der Waals surface area contributed by atoms with Crippen LogP contribution in [0.1, 0.15) is 38.2 Å². The van der Waals surface area contributed by atoms with Gasteiger partial charge in [0.1, 0.15) is 24.9 Å². The maximum absolute atomic E-state index is 12.0. The van der Waals surface area contributed by atoms with E-state index in [9.17, 15) is 24.9 Å². The average Bonchev–Trinajstić information content (AvgIpc) is 2.72. The molecule has 2 rings (SSSR count). The van der Waals surface area contributed by atoms with Crippen molar-refractivity contribution in [1.29, 1.82) is 0 Å². The first kappa shape index (κ1) is 23.1. The second kappa shape index (κ2) is 11.7. The van der Waals surface area contributed by atoms with E-state index < -0.39 is 36.7 Å². The van der Waals surface area contributed by atoms with Crippen LogP contribution in [0, 0.1) is 0 Å². The topological polar surface area (TPSA) is 137 Å². The highest BCUT2D eigenvalue weighted by atomic mass is 16.6. The van der Waals surface area contributed by atoms with Crippen molar-refractivity contribution in [1.82, 2.24) is 10.6 Å². The number of alkyl carbamates (subject to hydrolysis) is 1. The summed E-state index contributed by atoms with van der Waals surface area (Å²) in [5.74, 6) is -0.319. The van der Waals surface area contributed by atoms with Gasteiger partial charge >= 0.3 is 6.09 Å². The fraction of sp³-hybridized carbons (Fsp3) is 0.600. The summed E-state index contributed by atoms with van der Waals surface area (Å²) in [5.41, 5.74) is 0.914. The molecule has 2 amide bonds. The predicted molar refractivity (Wildman–Crippen MR) is 104 cm³/mol. The first-order valence-electron chi connectivity index (χ1n) is 9.82. The van der Waals surface area contributed by atoms with Crippen molar-refractivity contribution < 1.29 is 34.4 Å². The van der Waals surface area contributed by atoms with Gasteiger partial charge < -0.3 is 35.4 Å². The van der Waals surface area contributed by atoms with E-state index in [4.69, 9.17) is 9.47 Å². The zero-order valence-electron chi connectivity index (χ0n) is 16.5. The number of amides is 2. The Labute approximate surface area is 170 Å². The van der Waals surface area contributed by atoms with Crippen LogP contribution in [0.5, 0.6) is 0 Å². The third-order valence-electron chi connectivity index (χ3n) is 4.72. The number of ether oxygens (including phenoxy) is 2. The molecule has 5 atom stereocenters. The number of aliphatic hydroxyl groups excluding tert-OH is 3. The number of rotatable bonds is 9. The van der Waals surface area contributed by atoms with Gasteiger partial charge in [0.05, 0.1) is 6.10 Å². The Kier molecular flexibility index (Phi) is 9.33. The number of aliphatic hydroxyl groups is 3. The van der Waals surface area contributed by atoms with E-state index in [1.165, 1.54) is 0 Å². The summed E-state index contributed by atoms with van der Waals surface area (Å²) in [7, 11) is 0. The molecule has 1 aliphatic rings. The van der Waals surface area contributed by atoms with Crippen LogP contribution >= 0.6 is 0 Å². The smallest absolute Gasteiger partial charge is 0.407 e. The quantitative estimate of drug-likeness (QED) is 0.372. The molecule has 0 unspecified atom stereocenters. The van der Waals surface area contributed by atoms with Crippen LogP contribution in [-0.4, -0.2) is 64.5 Å². The van der Waals surface area contributed by atoms with Crippen molar-refractivity contribution in [2.45, 2.75) is 69.9 Å². The third-order valence-corrected chi connectivity index (χ3v) is 4.72. The van der Waals surface area contributed by atoms with E-state index in [1.807, 2.05) is 30.3 Å². The van der Waals surface area contributed by atoms with Crippen molar-refractivity contribution >= 4 is 12.0 Å². The molecule has 162 valence electrons. The van der Waals surface area contributed by atoms with Crippen molar-refractivity contribution in [2.75, 3.05) is 6.54 Å². The summed E-state index contributed by atoms with van der Waals surface area (Å²) >= 11 is 0. The molecular formula is C20H30N2O7. The lowest BCUT2D eigenvalue weighted by atomic mass is 9.99.